The first-order valence-electron chi connectivity index (χ1n) is 43.8. The molecule has 107 heavy (non-hydrogen) atoms. The molecule has 0 aliphatic heterocycles. The first-order chi connectivity index (χ1) is 50.5. The van der Waals surface area contributed by atoms with Gasteiger partial charge in [-0.15, -0.1) is 0 Å². The number of hydrogen-bond acceptors (Lipinski definition) is 16. The smallest absolute Gasteiger partial charge is 0.0598 e. The molecule has 1 saturated carbocycles. The molecular formula is C91H212O16. The van der Waals surface area contributed by atoms with Crippen LogP contribution >= 0.6 is 0 Å². The standard InChI is InChI=1S/C8H16O.C8H18O.2C7H16O.6C6H14O.3C5H12O.2C4H10O.C2H6O/c1-7(2)9-8-5-3-4-6-8;1-4-6-8(3)9-7-5-2;1-4-6-7(3)8-5-2;1-4-6-8-7(3)5-2;1-5-7-6(2,3)4;1-4-5-6(2)7-3;1-4-5-7-6(2)3;1-4-6(5-2)7-3;1-4-6(3)7-5-2;1-3-5-6-7-4-2;2*1-4-6-5(2)3;1-3-5-6-4-2;1-4(2)5-3;1-3-5-4-2;1-3-2/h7-8H,3-6H2,1-2H3;8H,4-7H2,1-3H3;2*7H,4-6H2,1-3H3;5H2,1-4H3;4*6H,4-5H2,1-3H3;3-6H2,1-2H3;2*5H,4H2,1-3H3;3-5H2,1-2H3;4H,1-3H3;3-4H2,1-2H3;1-2H3. The predicted molar refractivity (Wildman–Crippen MR) is 477 cm³/mol. The normalized spacial score (nSPS) is 12.3. The van der Waals surface area contributed by atoms with Gasteiger partial charge in [0.25, 0.3) is 0 Å². The van der Waals surface area contributed by atoms with Gasteiger partial charge in [-0.05, 0) is 277 Å². The van der Waals surface area contributed by atoms with Crippen molar-refractivity contribution in [1.82, 2.24) is 0 Å². The molecule has 16 nitrogen and oxygen atoms in total. The molecular weight excluding hydrogens is 1350 g/mol. The summed E-state index contributed by atoms with van der Waals surface area (Å²) in [6.07, 6.45) is 29.4. The lowest BCUT2D eigenvalue weighted by Crippen LogP contribution is -2.18. The van der Waals surface area contributed by atoms with E-state index in [4.69, 9.17) is 71.1 Å². The Balaban J connectivity index is -0.0000000652. The Morgan fingerprint density at radius 2 is 0.598 bits per heavy atom. The van der Waals surface area contributed by atoms with Gasteiger partial charge in [0.1, 0.15) is 0 Å². The van der Waals surface area contributed by atoms with Crippen LogP contribution in [-0.4, -0.2) is 207 Å². The Bertz CT molecular complexity index is 1190. The van der Waals surface area contributed by atoms with E-state index in [9.17, 15) is 0 Å². The zero-order chi connectivity index (χ0) is 86.8. The van der Waals surface area contributed by atoms with E-state index in [0.29, 0.717) is 73.2 Å². The Morgan fingerprint density at radius 3 is 0.776 bits per heavy atom. The second-order valence-corrected chi connectivity index (χ2v) is 27.6. The van der Waals surface area contributed by atoms with Crippen molar-refractivity contribution in [2.75, 3.05) is 128 Å². The molecule has 0 spiro atoms. The molecule has 5 unspecified atom stereocenters. The summed E-state index contributed by atoms with van der Waals surface area (Å²) in [5, 5.41) is 0. The lowest BCUT2D eigenvalue weighted by molar-refractivity contribution is 0.00528. The predicted octanol–water partition coefficient (Wildman–Crippen LogP) is 27.0. The lowest BCUT2D eigenvalue weighted by atomic mass is 10.2. The molecule has 1 aliphatic rings. The molecule has 0 amide bonds. The quantitative estimate of drug-likeness (QED) is 0.0533. The molecule has 1 fully saturated rings. The van der Waals surface area contributed by atoms with Crippen molar-refractivity contribution in [3.05, 3.63) is 0 Å². The van der Waals surface area contributed by atoms with Gasteiger partial charge in [-0.25, -0.2) is 0 Å². The van der Waals surface area contributed by atoms with E-state index in [1.54, 1.807) is 35.5 Å². The van der Waals surface area contributed by atoms with Crippen LogP contribution in [0.2, 0.25) is 0 Å². The molecule has 0 saturated heterocycles. The fraction of sp³-hybridized carbons (Fsp3) is 1.00. The van der Waals surface area contributed by atoms with Crippen LogP contribution in [0.4, 0.5) is 0 Å². The van der Waals surface area contributed by atoms with Crippen molar-refractivity contribution in [2.45, 2.75) is 477 Å². The number of unbranched alkanes of at least 4 members (excludes halogenated alkanes) is 1. The summed E-state index contributed by atoms with van der Waals surface area (Å²) in [4.78, 5) is 0. The van der Waals surface area contributed by atoms with Crippen LogP contribution < -0.4 is 0 Å². The zero-order valence-electron chi connectivity index (χ0n) is 82.0. The van der Waals surface area contributed by atoms with Gasteiger partial charge in [-0.1, -0.05) is 122 Å². The van der Waals surface area contributed by atoms with Crippen LogP contribution in [-0.2, 0) is 75.8 Å². The van der Waals surface area contributed by atoms with Gasteiger partial charge in [0.15, 0.2) is 0 Å². The van der Waals surface area contributed by atoms with Gasteiger partial charge in [0, 0.05) is 128 Å². The third kappa shape index (κ3) is 227. The van der Waals surface area contributed by atoms with Crippen molar-refractivity contribution in [1.29, 1.82) is 0 Å². The highest BCUT2D eigenvalue weighted by Crippen LogP contribution is 2.22. The Morgan fingerprint density at radius 1 is 0.280 bits per heavy atom. The van der Waals surface area contributed by atoms with Crippen LogP contribution in [0.3, 0.4) is 0 Å². The van der Waals surface area contributed by atoms with Gasteiger partial charge >= 0.3 is 0 Å². The van der Waals surface area contributed by atoms with Gasteiger partial charge < -0.3 is 75.8 Å². The van der Waals surface area contributed by atoms with Gasteiger partial charge in [-0.3, -0.25) is 0 Å². The van der Waals surface area contributed by atoms with E-state index < -0.39 is 0 Å². The molecule has 0 aromatic carbocycles. The molecule has 1 rings (SSSR count). The van der Waals surface area contributed by atoms with E-state index >= 15 is 0 Å². The summed E-state index contributed by atoms with van der Waals surface area (Å²) in [6, 6.07) is 0. The summed E-state index contributed by atoms with van der Waals surface area (Å²) in [7, 11) is 8.46. The minimum absolute atomic E-state index is 0.0503. The SMILES string of the molecule is CC(C)OC1CCCC1.CCC(CC)OC.CCCC(C)OC.CCCC(C)OCC.CCCCOCC.CCCOC(C)C.CCCOC(C)CC.CCCOC(C)CCC.CCCOCC.CCOC(C)(C)C.CCOC(C)C.CCOC(C)C.CCOC(C)CC.CCOCC.COC.COC(C)C. The fourth-order valence-electron chi connectivity index (χ4n) is 7.32. The van der Waals surface area contributed by atoms with Crippen molar-refractivity contribution in [3.63, 3.8) is 0 Å². The van der Waals surface area contributed by atoms with Gasteiger partial charge in [0.2, 0.25) is 0 Å². The molecule has 0 N–H and O–H groups in total. The summed E-state index contributed by atoms with van der Waals surface area (Å²) >= 11 is 0. The van der Waals surface area contributed by atoms with Crippen LogP contribution in [0.25, 0.3) is 0 Å². The Kier molecular flexibility index (Phi) is 182. The van der Waals surface area contributed by atoms with E-state index in [1.807, 2.05) is 104 Å². The highest BCUT2D eigenvalue weighted by Gasteiger charge is 2.16. The molecule has 0 aromatic rings. The van der Waals surface area contributed by atoms with Crippen molar-refractivity contribution in [2.24, 2.45) is 0 Å². The first kappa shape index (κ1) is 141. The topological polar surface area (TPSA) is 148 Å². The molecule has 5 atom stereocenters. The largest absolute Gasteiger partial charge is 0.388 e. The molecule has 0 radical (unpaired) electrons. The minimum atomic E-state index is 0.0503. The maximum absolute atomic E-state index is 5.61. The third-order valence-electron chi connectivity index (χ3n) is 13.3. The number of hydrogen-bond donors (Lipinski definition) is 0. The van der Waals surface area contributed by atoms with Gasteiger partial charge in [-0.2, -0.15) is 0 Å². The van der Waals surface area contributed by atoms with E-state index in [1.165, 1.54) is 77.0 Å². The molecule has 1 aliphatic carbocycles. The number of methoxy groups -OCH3 is 4. The van der Waals surface area contributed by atoms with Crippen molar-refractivity contribution >= 4 is 0 Å². The maximum atomic E-state index is 5.61. The molecule has 0 aromatic heterocycles. The van der Waals surface area contributed by atoms with Crippen molar-refractivity contribution in [3.8, 4) is 0 Å². The first-order valence-corrected chi connectivity index (χ1v) is 43.8. The average molecular weight is 1560 g/mol. The van der Waals surface area contributed by atoms with Crippen molar-refractivity contribution < 1.29 is 75.8 Å². The number of rotatable bonds is 42. The summed E-state index contributed by atoms with van der Waals surface area (Å²) < 4.78 is 81.3. The van der Waals surface area contributed by atoms with E-state index in [0.717, 1.165) is 144 Å². The monoisotopic (exact) mass is 1560 g/mol. The lowest BCUT2D eigenvalue weighted by Gasteiger charge is -2.17. The second kappa shape index (κ2) is 137. The number of ether oxygens (including phenoxy) is 16. The van der Waals surface area contributed by atoms with E-state index in [2.05, 4.69) is 171 Å². The zero-order valence-corrected chi connectivity index (χ0v) is 82.0. The molecule has 0 bridgehead atoms. The summed E-state index contributed by atoms with van der Waals surface area (Å²) in [5.74, 6) is 0. The molecule has 0 heterocycles. The summed E-state index contributed by atoms with van der Waals surface area (Å²) in [5.41, 5.74) is 0.0503. The van der Waals surface area contributed by atoms with Gasteiger partial charge in [0.05, 0.1) is 78.8 Å². The van der Waals surface area contributed by atoms with E-state index in [-0.39, 0.29) is 5.60 Å². The Labute approximate surface area is 677 Å². The van der Waals surface area contributed by atoms with Crippen LogP contribution in [0.1, 0.15) is 398 Å². The maximum Gasteiger partial charge on any atom is 0.0598 e. The second-order valence-electron chi connectivity index (χ2n) is 27.6. The van der Waals surface area contributed by atoms with Crippen LogP contribution in [0, 0.1) is 0 Å². The summed E-state index contributed by atoms with van der Waals surface area (Å²) in [6.45, 7) is 93.1. The minimum Gasteiger partial charge on any atom is -0.388 e. The third-order valence-corrected chi connectivity index (χ3v) is 13.3. The highest BCUT2D eigenvalue weighted by atomic mass is 16.5. The highest BCUT2D eigenvalue weighted by molar-refractivity contribution is 4.67. The molecule has 16 heteroatoms. The fourth-order valence-corrected chi connectivity index (χ4v) is 7.32. The van der Waals surface area contributed by atoms with Crippen LogP contribution in [0.15, 0.2) is 0 Å². The molecule has 672 valence electrons. The van der Waals surface area contributed by atoms with Crippen LogP contribution in [0.5, 0.6) is 0 Å². The average Bonchev–Trinajstić information content (AvgIpc) is 1.87. The Hall–Kier alpha value is -0.640.